The van der Waals surface area contributed by atoms with Crippen LogP contribution in [0.1, 0.15) is 72.1 Å². The van der Waals surface area contributed by atoms with Crippen LogP contribution >= 0.6 is 0 Å². The summed E-state index contributed by atoms with van der Waals surface area (Å²) < 4.78 is 0. The van der Waals surface area contributed by atoms with Gasteiger partial charge in [-0.2, -0.15) is 0 Å². The van der Waals surface area contributed by atoms with Crippen molar-refractivity contribution in [3.05, 3.63) is 0 Å². The third kappa shape index (κ3) is 6.19. The first kappa shape index (κ1) is 16.0. The summed E-state index contributed by atoms with van der Waals surface area (Å²) in [6.07, 6.45) is 11.3. The van der Waals surface area contributed by atoms with Gasteiger partial charge in [0, 0.05) is 12.1 Å². The highest BCUT2D eigenvalue weighted by Gasteiger charge is 2.19. The van der Waals surface area contributed by atoms with Crippen molar-refractivity contribution < 1.29 is 0 Å². The van der Waals surface area contributed by atoms with Crippen LogP contribution in [-0.4, -0.2) is 36.6 Å². The highest BCUT2D eigenvalue weighted by Crippen LogP contribution is 2.22. The van der Waals surface area contributed by atoms with E-state index in [0.717, 1.165) is 12.6 Å². The van der Waals surface area contributed by atoms with Crippen molar-refractivity contribution in [1.82, 2.24) is 10.2 Å². The van der Waals surface area contributed by atoms with Crippen LogP contribution in [0.5, 0.6) is 0 Å². The Morgan fingerprint density at radius 2 is 1.83 bits per heavy atom. The summed E-state index contributed by atoms with van der Waals surface area (Å²) >= 11 is 0. The molecule has 0 spiro atoms. The maximum absolute atomic E-state index is 3.50. The predicted molar refractivity (Wildman–Crippen MR) is 81.1 cm³/mol. The molecule has 1 saturated carbocycles. The number of rotatable bonds is 9. The maximum Gasteiger partial charge on any atom is 0.00951 e. The maximum atomic E-state index is 3.50. The van der Waals surface area contributed by atoms with Crippen LogP contribution in [0.25, 0.3) is 0 Å². The number of hydrogen-bond donors (Lipinski definition) is 1. The molecule has 0 aromatic rings. The molecule has 108 valence electrons. The van der Waals surface area contributed by atoms with Crippen molar-refractivity contribution in [3.63, 3.8) is 0 Å². The largest absolute Gasteiger partial charge is 0.315 e. The molecule has 2 nitrogen and oxygen atoms in total. The number of unbranched alkanes of at least 4 members (excludes halogenated alkanes) is 1. The fourth-order valence-corrected chi connectivity index (χ4v) is 3.26. The zero-order chi connectivity index (χ0) is 13.2. The second kappa shape index (κ2) is 9.80. The van der Waals surface area contributed by atoms with Gasteiger partial charge in [-0.1, -0.05) is 39.5 Å². The third-order valence-corrected chi connectivity index (χ3v) is 4.38. The first-order chi connectivity index (χ1) is 8.77. The molecule has 0 radical (unpaired) electrons. The van der Waals surface area contributed by atoms with E-state index in [4.69, 9.17) is 0 Å². The second-order valence-electron chi connectivity index (χ2n) is 5.87. The summed E-state index contributed by atoms with van der Waals surface area (Å²) in [6, 6.07) is 1.59. The third-order valence-electron chi connectivity index (χ3n) is 4.38. The van der Waals surface area contributed by atoms with Gasteiger partial charge in [-0.3, -0.25) is 0 Å². The molecule has 18 heavy (non-hydrogen) atoms. The molecule has 0 aromatic heterocycles. The van der Waals surface area contributed by atoms with Crippen molar-refractivity contribution in [2.45, 2.75) is 84.2 Å². The zero-order valence-electron chi connectivity index (χ0n) is 12.9. The molecule has 1 rings (SSSR count). The zero-order valence-corrected chi connectivity index (χ0v) is 12.9. The molecule has 1 atom stereocenters. The molecule has 0 saturated heterocycles. The van der Waals surface area contributed by atoms with Gasteiger partial charge in [-0.15, -0.1) is 0 Å². The smallest absolute Gasteiger partial charge is 0.00951 e. The van der Waals surface area contributed by atoms with E-state index in [2.05, 4.69) is 31.0 Å². The number of hydrogen-bond acceptors (Lipinski definition) is 2. The minimum absolute atomic E-state index is 0.694. The molecule has 0 aromatic carbocycles. The van der Waals surface area contributed by atoms with E-state index in [0.29, 0.717) is 6.04 Å². The first-order valence-corrected chi connectivity index (χ1v) is 8.25. The Bertz CT molecular complexity index is 188. The van der Waals surface area contributed by atoms with Crippen LogP contribution in [0.4, 0.5) is 0 Å². The van der Waals surface area contributed by atoms with E-state index >= 15 is 0 Å². The van der Waals surface area contributed by atoms with E-state index in [-0.39, 0.29) is 0 Å². The molecule has 0 aliphatic heterocycles. The fraction of sp³-hybridized carbons (Fsp3) is 1.00. The highest BCUT2D eigenvalue weighted by atomic mass is 15.1. The highest BCUT2D eigenvalue weighted by molar-refractivity contribution is 4.75. The Hall–Kier alpha value is -0.0800. The van der Waals surface area contributed by atoms with Gasteiger partial charge in [0.1, 0.15) is 0 Å². The Morgan fingerprint density at radius 3 is 2.44 bits per heavy atom. The molecule has 0 heterocycles. The van der Waals surface area contributed by atoms with E-state index < -0.39 is 0 Å². The van der Waals surface area contributed by atoms with Gasteiger partial charge >= 0.3 is 0 Å². The second-order valence-corrected chi connectivity index (χ2v) is 5.87. The van der Waals surface area contributed by atoms with Gasteiger partial charge < -0.3 is 10.2 Å². The number of nitrogens with zero attached hydrogens (tertiary/aromatic N) is 1. The predicted octanol–water partition coefficient (Wildman–Crippen LogP) is 3.81. The minimum Gasteiger partial charge on any atom is -0.315 e. The average Bonchev–Trinajstić information content (AvgIpc) is 2.40. The summed E-state index contributed by atoms with van der Waals surface area (Å²) in [5, 5.41) is 3.50. The minimum atomic E-state index is 0.694. The van der Waals surface area contributed by atoms with E-state index in [1.165, 1.54) is 64.5 Å². The van der Waals surface area contributed by atoms with Crippen LogP contribution in [0.15, 0.2) is 0 Å². The molecule has 1 N–H and O–H groups in total. The van der Waals surface area contributed by atoms with E-state index in [1.54, 1.807) is 0 Å². The van der Waals surface area contributed by atoms with Crippen LogP contribution in [0.2, 0.25) is 0 Å². The lowest BCUT2D eigenvalue weighted by Gasteiger charge is -2.33. The van der Waals surface area contributed by atoms with Gasteiger partial charge in [0.2, 0.25) is 0 Å². The van der Waals surface area contributed by atoms with Crippen LogP contribution < -0.4 is 5.32 Å². The van der Waals surface area contributed by atoms with E-state index in [9.17, 15) is 0 Å². The molecule has 1 fully saturated rings. The lowest BCUT2D eigenvalue weighted by molar-refractivity contribution is 0.160. The van der Waals surface area contributed by atoms with Gasteiger partial charge in [0.05, 0.1) is 0 Å². The van der Waals surface area contributed by atoms with Crippen molar-refractivity contribution in [3.8, 4) is 0 Å². The number of nitrogens with one attached hydrogen (secondary N) is 1. The lowest BCUT2D eigenvalue weighted by atomic mass is 9.94. The van der Waals surface area contributed by atoms with Crippen LogP contribution in [-0.2, 0) is 0 Å². The Kier molecular flexibility index (Phi) is 8.70. The summed E-state index contributed by atoms with van der Waals surface area (Å²) in [4.78, 5) is 2.73. The van der Waals surface area contributed by atoms with Crippen LogP contribution in [0, 0.1) is 0 Å². The standard InChI is InChI=1S/C16H34N2/c1-4-17-15(3)11-9-10-14-18(5-2)16-12-7-6-8-13-16/h15-17H,4-14H2,1-3H3. The van der Waals surface area contributed by atoms with Crippen LogP contribution in [0.3, 0.4) is 0 Å². The molecule has 1 aliphatic carbocycles. The Balaban J connectivity index is 2.11. The van der Waals surface area contributed by atoms with Crippen molar-refractivity contribution >= 4 is 0 Å². The Labute approximate surface area is 115 Å². The SMILES string of the molecule is CCNC(C)CCCCN(CC)C1CCCCC1. The molecule has 0 amide bonds. The van der Waals surface area contributed by atoms with Gasteiger partial charge in [0.25, 0.3) is 0 Å². The summed E-state index contributed by atoms with van der Waals surface area (Å²) in [6.45, 7) is 10.5. The van der Waals surface area contributed by atoms with Gasteiger partial charge in [-0.25, -0.2) is 0 Å². The average molecular weight is 254 g/mol. The Morgan fingerprint density at radius 1 is 1.11 bits per heavy atom. The van der Waals surface area contributed by atoms with Crippen molar-refractivity contribution in [1.29, 1.82) is 0 Å². The molecule has 1 aliphatic rings. The normalized spacial score (nSPS) is 19.3. The molecular formula is C16H34N2. The van der Waals surface area contributed by atoms with Crippen molar-refractivity contribution in [2.24, 2.45) is 0 Å². The molecular weight excluding hydrogens is 220 g/mol. The van der Waals surface area contributed by atoms with E-state index in [1.807, 2.05) is 0 Å². The molecule has 0 bridgehead atoms. The quantitative estimate of drug-likeness (QED) is 0.629. The summed E-state index contributed by atoms with van der Waals surface area (Å²) in [7, 11) is 0. The lowest BCUT2D eigenvalue weighted by Crippen LogP contribution is -2.37. The summed E-state index contributed by atoms with van der Waals surface area (Å²) in [5.74, 6) is 0. The van der Waals surface area contributed by atoms with Gasteiger partial charge in [0.15, 0.2) is 0 Å². The molecule has 2 heteroatoms. The topological polar surface area (TPSA) is 15.3 Å². The van der Waals surface area contributed by atoms with Gasteiger partial charge in [-0.05, 0) is 52.2 Å². The monoisotopic (exact) mass is 254 g/mol. The molecule has 1 unspecified atom stereocenters. The first-order valence-electron chi connectivity index (χ1n) is 8.25. The fourth-order valence-electron chi connectivity index (χ4n) is 3.26. The van der Waals surface area contributed by atoms with Crippen molar-refractivity contribution in [2.75, 3.05) is 19.6 Å². The summed E-state index contributed by atoms with van der Waals surface area (Å²) in [5.41, 5.74) is 0.